The molecule has 0 radical (unpaired) electrons. The topological polar surface area (TPSA) is 43.8 Å². The first-order valence-corrected chi connectivity index (χ1v) is 4.91. The van der Waals surface area contributed by atoms with Crippen LogP contribution in [0.1, 0.15) is 44.8 Å². The van der Waals surface area contributed by atoms with Gasteiger partial charge in [-0.2, -0.15) is 0 Å². The van der Waals surface area contributed by atoms with Crippen LogP contribution in [0.15, 0.2) is 0 Å². The molecule has 0 unspecified atom stereocenters. The summed E-state index contributed by atoms with van der Waals surface area (Å²) in [6.07, 6.45) is 2.07. The van der Waals surface area contributed by atoms with Gasteiger partial charge in [-0.25, -0.2) is 4.98 Å². The number of nitrogens with two attached hydrogens (primary N) is 1. The van der Waals surface area contributed by atoms with Gasteiger partial charge in [0, 0.05) is 6.04 Å². The molecule has 0 aliphatic heterocycles. The van der Waals surface area contributed by atoms with E-state index in [1.165, 1.54) is 0 Å². The molecule has 0 atom stereocenters. The highest BCUT2D eigenvalue weighted by molar-refractivity contribution is 5.38. The van der Waals surface area contributed by atoms with Crippen molar-refractivity contribution in [1.82, 2.24) is 9.55 Å². The number of nitrogens with zero attached hydrogens (tertiary/aromatic N) is 2. The number of aryl methyl sites for hydroxylation is 2. The van der Waals surface area contributed by atoms with Gasteiger partial charge in [0.25, 0.3) is 0 Å². The fraction of sp³-hybridized carbons (Fsp3) is 0.700. The Morgan fingerprint density at radius 1 is 1.46 bits per heavy atom. The van der Waals surface area contributed by atoms with E-state index in [-0.39, 0.29) is 0 Å². The fourth-order valence-electron chi connectivity index (χ4n) is 1.69. The van der Waals surface area contributed by atoms with E-state index in [1.807, 2.05) is 6.92 Å². The van der Waals surface area contributed by atoms with Crippen molar-refractivity contribution in [2.24, 2.45) is 0 Å². The first kappa shape index (κ1) is 10.1. The molecule has 3 nitrogen and oxygen atoms in total. The Morgan fingerprint density at radius 3 is 2.46 bits per heavy atom. The number of hydrogen-bond acceptors (Lipinski definition) is 2. The summed E-state index contributed by atoms with van der Waals surface area (Å²) >= 11 is 0. The molecule has 2 N–H and O–H groups in total. The first-order chi connectivity index (χ1) is 6.07. The van der Waals surface area contributed by atoms with Crippen LogP contribution in [0.5, 0.6) is 0 Å². The molecule has 0 aliphatic rings. The van der Waals surface area contributed by atoms with Crippen molar-refractivity contribution >= 4 is 5.82 Å². The van der Waals surface area contributed by atoms with Crippen LogP contribution in [0.25, 0.3) is 0 Å². The summed E-state index contributed by atoms with van der Waals surface area (Å²) in [5, 5.41) is 0. The molecule has 1 heterocycles. The average Bonchev–Trinajstić information content (AvgIpc) is 2.28. The second-order valence-corrected chi connectivity index (χ2v) is 3.70. The lowest BCUT2D eigenvalue weighted by Gasteiger charge is -2.11. The summed E-state index contributed by atoms with van der Waals surface area (Å²) in [5.41, 5.74) is 7.04. The molecule has 0 fully saturated rings. The van der Waals surface area contributed by atoms with Crippen LogP contribution in [0.3, 0.4) is 0 Å². The third-order valence-corrected chi connectivity index (χ3v) is 2.20. The van der Waals surface area contributed by atoms with Crippen molar-refractivity contribution in [1.29, 1.82) is 0 Å². The van der Waals surface area contributed by atoms with Crippen LogP contribution in [0.4, 0.5) is 5.82 Å². The van der Waals surface area contributed by atoms with E-state index in [0.29, 0.717) is 6.04 Å². The van der Waals surface area contributed by atoms with E-state index < -0.39 is 0 Å². The predicted molar refractivity (Wildman–Crippen MR) is 55.8 cm³/mol. The maximum absolute atomic E-state index is 5.99. The number of imidazole rings is 1. The van der Waals surface area contributed by atoms with Crippen molar-refractivity contribution in [3.63, 3.8) is 0 Å². The molecule has 1 rings (SSSR count). The van der Waals surface area contributed by atoms with Crippen LogP contribution in [-0.2, 0) is 6.42 Å². The molecule has 0 aromatic carbocycles. The Balaban J connectivity index is 3.07. The molecule has 0 amide bonds. The second-order valence-electron chi connectivity index (χ2n) is 3.70. The van der Waals surface area contributed by atoms with Gasteiger partial charge in [-0.3, -0.25) is 0 Å². The highest BCUT2D eigenvalue weighted by atomic mass is 15.2. The Bertz CT molecular complexity index is 287. The summed E-state index contributed by atoms with van der Waals surface area (Å²) in [4.78, 5) is 4.46. The number of aromatic nitrogens is 2. The molecule has 1 aromatic rings. The molecule has 1 aromatic heterocycles. The molecule has 0 aliphatic carbocycles. The second kappa shape index (κ2) is 3.81. The van der Waals surface area contributed by atoms with Crippen molar-refractivity contribution < 1.29 is 0 Å². The Labute approximate surface area is 80.0 Å². The van der Waals surface area contributed by atoms with Gasteiger partial charge < -0.3 is 10.3 Å². The highest BCUT2D eigenvalue weighted by Gasteiger charge is 2.12. The summed E-state index contributed by atoms with van der Waals surface area (Å²) in [6.45, 7) is 8.40. The lowest BCUT2D eigenvalue weighted by atomic mass is 10.2. The van der Waals surface area contributed by atoms with Crippen LogP contribution in [-0.4, -0.2) is 9.55 Å². The quantitative estimate of drug-likeness (QED) is 0.777. The normalized spacial score (nSPS) is 11.2. The lowest BCUT2D eigenvalue weighted by molar-refractivity contribution is 0.590. The zero-order valence-corrected chi connectivity index (χ0v) is 8.96. The molecule has 0 saturated heterocycles. The zero-order chi connectivity index (χ0) is 10.0. The minimum absolute atomic E-state index is 0.401. The monoisotopic (exact) mass is 181 g/mol. The third-order valence-electron chi connectivity index (χ3n) is 2.20. The first-order valence-electron chi connectivity index (χ1n) is 4.91. The molecule has 0 spiro atoms. The van der Waals surface area contributed by atoms with Gasteiger partial charge in [0.05, 0.1) is 5.69 Å². The largest absolute Gasteiger partial charge is 0.384 e. The summed E-state index contributed by atoms with van der Waals surface area (Å²) in [5.74, 6) is 1.87. The zero-order valence-electron chi connectivity index (χ0n) is 8.96. The smallest absolute Gasteiger partial charge is 0.127 e. The molecule has 3 heteroatoms. The van der Waals surface area contributed by atoms with Gasteiger partial charge in [0.15, 0.2) is 0 Å². The Morgan fingerprint density at radius 2 is 2.08 bits per heavy atom. The standard InChI is InChI=1S/C10H19N3/c1-5-6-9-10(11)13(7(2)3)8(4)12-9/h7H,5-6,11H2,1-4H3. The summed E-state index contributed by atoms with van der Waals surface area (Å²) in [7, 11) is 0. The highest BCUT2D eigenvalue weighted by Crippen LogP contribution is 2.20. The van der Waals surface area contributed by atoms with E-state index in [4.69, 9.17) is 5.73 Å². The minimum Gasteiger partial charge on any atom is -0.384 e. The molecule has 74 valence electrons. The minimum atomic E-state index is 0.401. The van der Waals surface area contributed by atoms with Crippen LogP contribution < -0.4 is 5.73 Å². The fourth-order valence-corrected chi connectivity index (χ4v) is 1.69. The van der Waals surface area contributed by atoms with Crippen molar-refractivity contribution in [3.05, 3.63) is 11.5 Å². The van der Waals surface area contributed by atoms with Gasteiger partial charge in [0.1, 0.15) is 11.6 Å². The van der Waals surface area contributed by atoms with E-state index in [2.05, 4.69) is 30.3 Å². The van der Waals surface area contributed by atoms with Gasteiger partial charge >= 0.3 is 0 Å². The molecule has 0 saturated carbocycles. The van der Waals surface area contributed by atoms with Crippen LogP contribution in [0.2, 0.25) is 0 Å². The van der Waals surface area contributed by atoms with Gasteiger partial charge in [-0.1, -0.05) is 13.3 Å². The predicted octanol–water partition coefficient (Wildman–Crippen LogP) is 2.31. The van der Waals surface area contributed by atoms with E-state index >= 15 is 0 Å². The summed E-state index contributed by atoms with van der Waals surface area (Å²) < 4.78 is 2.09. The Kier molecular flexibility index (Phi) is 2.96. The Hall–Kier alpha value is -0.990. The lowest BCUT2D eigenvalue weighted by Crippen LogP contribution is -2.07. The van der Waals surface area contributed by atoms with Crippen molar-refractivity contribution in [2.45, 2.75) is 46.6 Å². The van der Waals surface area contributed by atoms with Gasteiger partial charge in [-0.05, 0) is 27.2 Å². The molecule has 0 bridgehead atoms. The van der Waals surface area contributed by atoms with Crippen LogP contribution >= 0.6 is 0 Å². The van der Waals surface area contributed by atoms with Crippen molar-refractivity contribution in [2.75, 3.05) is 5.73 Å². The molecular weight excluding hydrogens is 162 g/mol. The van der Waals surface area contributed by atoms with E-state index in [0.717, 1.165) is 30.2 Å². The average molecular weight is 181 g/mol. The summed E-state index contributed by atoms with van der Waals surface area (Å²) in [6, 6.07) is 0.401. The van der Waals surface area contributed by atoms with Crippen LogP contribution in [0, 0.1) is 6.92 Å². The SMILES string of the molecule is CCCc1nc(C)n(C(C)C)c1N. The van der Waals surface area contributed by atoms with Gasteiger partial charge in [-0.15, -0.1) is 0 Å². The number of nitrogen functional groups attached to an aromatic ring is 1. The maximum Gasteiger partial charge on any atom is 0.127 e. The van der Waals surface area contributed by atoms with Gasteiger partial charge in [0.2, 0.25) is 0 Å². The van der Waals surface area contributed by atoms with E-state index in [1.54, 1.807) is 0 Å². The van der Waals surface area contributed by atoms with E-state index in [9.17, 15) is 0 Å². The third kappa shape index (κ3) is 1.85. The van der Waals surface area contributed by atoms with Crippen molar-refractivity contribution in [3.8, 4) is 0 Å². The number of rotatable bonds is 3. The maximum atomic E-state index is 5.99. The number of anilines is 1. The molecule has 13 heavy (non-hydrogen) atoms. The number of hydrogen-bond donors (Lipinski definition) is 1. The molecular formula is C10H19N3.